The SMILES string of the molecule is C1=Cc2cc(-c3ccc(N(c4ccc(-c5ccccc5)cc4)c4ccc5c(c4)sc4cc(-c6ccccc6)ccc45)cc3)cc3c(-c4ccccc4)ccc1c23. The van der Waals surface area contributed by atoms with Gasteiger partial charge < -0.3 is 4.90 Å². The van der Waals surface area contributed by atoms with Crippen molar-refractivity contribution in [3.8, 4) is 44.5 Å². The third-order valence-corrected chi connectivity index (χ3v) is 12.3. The minimum absolute atomic E-state index is 1.12. The summed E-state index contributed by atoms with van der Waals surface area (Å²) in [5.41, 5.74) is 15.8. The lowest BCUT2D eigenvalue weighted by atomic mass is 9.91. The van der Waals surface area contributed by atoms with E-state index in [9.17, 15) is 0 Å². The average Bonchev–Trinajstić information content (AvgIpc) is 3.86. The van der Waals surface area contributed by atoms with E-state index in [1.54, 1.807) is 0 Å². The molecule has 0 radical (unpaired) electrons. The molecular formula is C54H35NS. The predicted octanol–water partition coefficient (Wildman–Crippen LogP) is 15.8. The summed E-state index contributed by atoms with van der Waals surface area (Å²) in [4.78, 5) is 2.39. The van der Waals surface area contributed by atoms with Crippen molar-refractivity contribution in [3.63, 3.8) is 0 Å². The first kappa shape index (κ1) is 32.4. The predicted molar refractivity (Wildman–Crippen MR) is 242 cm³/mol. The maximum absolute atomic E-state index is 2.39. The number of rotatable bonds is 7. The first-order valence-electron chi connectivity index (χ1n) is 19.2. The van der Waals surface area contributed by atoms with E-state index in [2.05, 4.69) is 217 Å². The van der Waals surface area contributed by atoms with Crippen molar-refractivity contribution in [1.29, 1.82) is 0 Å². The van der Waals surface area contributed by atoms with Gasteiger partial charge in [0.2, 0.25) is 0 Å². The summed E-state index contributed by atoms with van der Waals surface area (Å²) < 4.78 is 2.58. The van der Waals surface area contributed by atoms with Crippen LogP contribution in [0.1, 0.15) is 11.1 Å². The molecule has 56 heavy (non-hydrogen) atoms. The normalized spacial score (nSPS) is 11.9. The monoisotopic (exact) mass is 729 g/mol. The third-order valence-electron chi connectivity index (χ3n) is 11.2. The first-order valence-corrected chi connectivity index (χ1v) is 20.0. The Bertz CT molecular complexity index is 3090. The molecule has 0 saturated heterocycles. The highest BCUT2D eigenvalue weighted by molar-refractivity contribution is 7.25. The maximum Gasteiger partial charge on any atom is 0.0476 e. The highest BCUT2D eigenvalue weighted by Crippen LogP contribution is 2.44. The van der Waals surface area contributed by atoms with Gasteiger partial charge in [-0.25, -0.2) is 0 Å². The molecule has 2 heteroatoms. The van der Waals surface area contributed by atoms with Crippen LogP contribution in [-0.2, 0) is 0 Å². The van der Waals surface area contributed by atoms with Crippen LogP contribution < -0.4 is 4.90 Å². The second-order valence-electron chi connectivity index (χ2n) is 14.5. The smallest absolute Gasteiger partial charge is 0.0476 e. The van der Waals surface area contributed by atoms with Gasteiger partial charge in [-0.3, -0.25) is 0 Å². The van der Waals surface area contributed by atoms with Gasteiger partial charge in [0.1, 0.15) is 0 Å². The van der Waals surface area contributed by atoms with Gasteiger partial charge >= 0.3 is 0 Å². The molecule has 9 aromatic carbocycles. The van der Waals surface area contributed by atoms with Gasteiger partial charge in [-0.2, -0.15) is 0 Å². The zero-order valence-electron chi connectivity index (χ0n) is 30.6. The molecule has 1 aliphatic carbocycles. The Kier molecular flexibility index (Phi) is 7.75. The van der Waals surface area contributed by atoms with Crippen LogP contribution in [0.5, 0.6) is 0 Å². The average molecular weight is 730 g/mol. The zero-order chi connectivity index (χ0) is 37.0. The van der Waals surface area contributed by atoms with E-state index in [1.165, 1.54) is 86.6 Å². The van der Waals surface area contributed by atoms with Crippen LogP contribution in [0, 0.1) is 0 Å². The molecule has 0 spiro atoms. The molecule has 0 saturated carbocycles. The summed E-state index contributed by atoms with van der Waals surface area (Å²) in [7, 11) is 0. The van der Waals surface area contributed by atoms with Gasteiger partial charge in [-0.1, -0.05) is 158 Å². The fourth-order valence-corrected chi connectivity index (χ4v) is 9.61. The Balaban J connectivity index is 1.01. The minimum atomic E-state index is 1.12. The second-order valence-corrected chi connectivity index (χ2v) is 15.6. The summed E-state index contributed by atoms with van der Waals surface area (Å²) in [5, 5.41) is 5.22. The lowest BCUT2D eigenvalue weighted by Crippen LogP contribution is -2.09. The molecule has 0 bridgehead atoms. The van der Waals surface area contributed by atoms with Gasteiger partial charge in [0, 0.05) is 37.2 Å². The van der Waals surface area contributed by atoms with Crippen molar-refractivity contribution in [2.24, 2.45) is 0 Å². The molecule has 0 unspecified atom stereocenters. The second kappa shape index (κ2) is 13.4. The topological polar surface area (TPSA) is 3.24 Å². The molecule has 1 nitrogen and oxygen atoms in total. The fraction of sp³-hybridized carbons (Fsp3) is 0. The molecular weight excluding hydrogens is 695 g/mol. The van der Waals surface area contributed by atoms with Crippen LogP contribution in [0.3, 0.4) is 0 Å². The Morgan fingerprint density at radius 1 is 0.304 bits per heavy atom. The quantitative estimate of drug-likeness (QED) is 0.158. The Labute approximate surface area is 330 Å². The molecule has 1 aliphatic rings. The standard InChI is InChI=1S/C54H35NS/c1-4-10-36(11-5-1)38-18-24-45(25-19-38)55(47-28-31-50-49-30-23-42(37-12-6-2-7-13-37)34-52(49)56-53(50)35-47)46-26-20-39(21-27-46)44-32-43-17-16-41-22-29-48(51(33-44)54(41)43)40-14-8-3-9-15-40/h1-35H. The number of thiophene rings is 1. The van der Waals surface area contributed by atoms with Crippen molar-refractivity contribution in [1.82, 2.24) is 0 Å². The van der Waals surface area contributed by atoms with Crippen molar-refractivity contribution < 1.29 is 0 Å². The summed E-state index contributed by atoms with van der Waals surface area (Å²) in [5.74, 6) is 0. The number of fused-ring (bicyclic) bond motifs is 3. The molecule has 0 atom stereocenters. The van der Waals surface area contributed by atoms with Crippen molar-refractivity contribution in [2.45, 2.75) is 0 Å². The van der Waals surface area contributed by atoms with Crippen LogP contribution in [0.2, 0.25) is 0 Å². The van der Waals surface area contributed by atoms with Crippen LogP contribution in [0.15, 0.2) is 200 Å². The number of nitrogens with zero attached hydrogens (tertiary/aromatic N) is 1. The van der Waals surface area contributed by atoms with E-state index in [4.69, 9.17) is 0 Å². The third kappa shape index (κ3) is 5.62. The van der Waals surface area contributed by atoms with Crippen LogP contribution >= 0.6 is 11.3 Å². The van der Waals surface area contributed by atoms with Gasteiger partial charge in [0.15, 0.2) is 0 Å². The molecule has 1 aromatic heterocycles. The highest BCUT2D eigenvalue weighted by atomic mass is 32.1. The van der Waals surface area contributed by atoms with Crippen molar-refractivity contribution in [3.05, 3.63) is 211 Å². The highest BCUT2D eigenvalue weighted by Gasteiger charge is 2.18. The van der Waals surface area contributed by atoms with Crippen molar-refractivity contribution in [2.75, 3.05) is 4.90 Å². The largest absolute Gasteiger partial charge is 0.310 e. The van der Waals surface area contributed by atoms with E-state index in [1.807, 2.05) is 11.3 Å². The van der Waals surface area contributed by atoms with Crippen LogP contribution in [0.4, 0.5) is 17.1 Å². The van der Waals surface area contributed by atoms with Gasteiger partial charge in [0.05, 0.1) is 0 Å². The van der Waals surface area contributed by atoms with E-state index in [-0.39, 0.29) is 0 Å². The fourth-order valence-electron chi connectivity index (χ4n) is 8.43. The minimum Gasteiger partial charge on any atom is -0.310 e. The van der Waals surface area contributed by atoms with E-state index in [0.29, 0.717) is 0 Å². The van der Waals surface area contributed by atoms with Gasteiger partial charge in [-0.15, -0.1) is 11.3 Å². The molecule has 0 amide bonds. The van der Waals surface area contributed by atoms with Crippen LogP contribution in [-0.4, -0.2) is 0 Å². The zero-order valence-corrected chi connectivity index (χ0v) is 31.4. The number of hydrogen-bond acceptors (Lipinski definition) is 2. The molecule has 0 fully saturated rings. The van der Waals surface area contributed by atoms with E-state index >= 15 is 0 Å². The number of hydrogen-bond donors (Lipinski definition) is 0. The summed E-state index contributed by atoms with van der Waals surface area (Å²) in [6, 6.07) is 73.1. The molecule has 0 N–H and O–H groups in total. The van der Waals surface area contributed by atoms with E-state index < -0.39 is 0 Å². The Morgan fingerprint density at radius 2 is 0.804 bits per heavy atom. The Morgan fingerprint density at radius 3 is 1.46 bits per heavy atom. The number of anilines is 3. The maximum atomic E-state index is 2.39. The van der Waals surface area contributed by atoms with Crippen LogP contribution in [0.25, 0.3) is 87.6 Å². The molecule has 0 aliphatic heterocycles. The summed E-state index contributed by atoms with van der Waals surface area (Å²) >= 11 is 1.87. The van der Waals surface area contributed by atoms with Gasteiger partial charge in [-0.05, 0) is 121 Å². The lowest BCUT2D eigenvalue weighted by molar-refractivity contribution is 1.29. The Hall–Kier alpha value is -7.00. The number of benzene rings is 9. The summed E-state index contributed by atoms with van der Waals surface area (Å²) in [6.45, 7) is 0. The first-order chi connectivity index (χ1) is 27.7. The molecule has 1 heterocycles. The van der Waals surface area contributed by atoms with E-state index in [0.717, 1.165) is 17.1 Å². The van der Waals surface area contributed by atoms with Gasteiger partial charge in [0.25, 0.3) is 0 Å². The lowest BCUT2D eigenvalue weighted by Gasteiger charge is -2.26. The molecule has 262 valence electrons. The van der Waals surface area contributed by atoms with Crippen molar-refractivity contribution >= 4 is 71.5 Å². The molecule has 11 rings (SSSR count). The molecule has 10 aromatic rings. The summed E-state index contributed by atoms with van der Waals surface area (Å²) in [6.07, 6.45) is 4.51.